The lowest BCUT2D eigenvalue weighted by molar-refractivity contribution is -0.123. The van der Waals surface area contributed by atoms with E-state index in [1.807, 2.05) is 11.8 Å². The van der Waals surface area contributed by atoms with E-state index < -0.39 is 10.0 Å². The summed E-state index contributed by atoms with van der Waals surface area (Å²) in [6.07, 6.45) is 1.22. The average Bonchev–Trinajstić information content (AvgIpc) is 2.28. The molecule has 19 heavy (non-hydrogen) atoms. The predicted octanol–water partition coefficient (Wildman–Crippen LogP) is -0.276. The van der Waals surface area contributed by atoms with Crippen molar-refractivity contribution in [1.82, 2.24) is 14.5 Å². The van der Waals surface area contributed by atoms with Gasteiger partial charge in [0, 0.05) is 32.2 Å². The summed E-state index contributed by atoms with van der Waals surface area (Å²) >= 11 is 0. The van der Waals surface area contributed by atoms with E-state index in [1.54, 1.807) is 0 Å². The first-order valence-corrected chi connectivity index (χ1v) is 8.52. The molecule has 112 valence electrons. The van der Waals surface area contributed by atoms with E-state index in [2.05, 4.69) is 19.2 Å². The van der Waals surface area contributed by atoms with Crippen molar-refractivity contribution in [3.8, 4) is 0 Å². The molecule has 1 aliphatic rings. The highest BCUT2D eigenvalue weighted by Gasteiger charge is 2.24. The monoisotopic (exact) mass is 291 g/mol. The van der Waals surface area contributed by atoms with Crippen LogP contribution in [0.3, 0.4) is 0 Å². The summed E-state index contributed by atoms with van der Waals surface area (Å²) in [5, 5.41) is 2.96. The number of sulfonamides is 1. The first kappa shape index (κ1) is 16.4. The summed E-state index contributed by atoms with van der Waals surface area (Å²) in [7, 11) is -3.10. The van der Waals surface area contributed by atoms with Crippen LogP contribution in [-0.4, -0.2) is 68.6 Å². The number of hydrogen-bond acceptors (Lipinski definition) is 4. The second kappa shape index (κ2) is 6.67. The minimum absolute atomic E-state index is 0.00834. The van der Waals surface area contributed by atoms with Crippen molar-refractivity contribution in [2.45, 2.75) is 26.8 Å². The lowest BCUT2D eigenvalue weighted by Crippen LogP contribution is -2.51. The molecule has 1 aliphatic heterocycles. The van der Waals surface area contributed by atoms with Gasteiger partial charge in [-0.25, -0.2) is 8.42 Å². The van der Waals surface area contributed by atoms with Gasteiger partial charge in [0.15, 0.2) is 0 Å². The molecule has 1 fully saturated rings. The Hall–Kier alpha value is -0.660. The first-order valence-electron chi connectivity index (χ1n) is 6.67. The van der Waals surface area contributed by atoms with E-state index >= 15 is 0 Å². The normalized spacial score (nSPS) is 20.5. The molecule has 0 aliphatic carbocycles. The minimum Gasteiger partial charge on any atom is -0.352 e. The van der Waals surface area contributed by atoms with Crippen LogP contribution < -0.4 is 5.32 Å². The summed E-state index contributed by atoms with van der Waals surface area (Å²) in [4.78, 5) is 13.8. The first-order chi connectivity index (χ1) is 8.70. The number of carbonyl (C=O) groups excluding carboxylic acids is 1. The maximum Gasteiger partial charge on any atom is 0.234 e. The van der Waals surface area contributed by atoms with Gasteiger partial charge in [-0.3, -0.25) is 9.69 Å². The topological polar surface area (TPSA) is 69.7 Å². The summed E-state index contributed by atoms with van der Waals surface area (Å²) in [6, 6.07) is 0.157. The Morgan fingerprint density at radius 3 is 2.11 bits per heavy atom. The lowest BCUT2D eigenvalue weighted by atomic mass is 10.1. The van der Waals surface area contributed by atoms with Crippen molar-refractivity contribution < 1.29 is 13.2 Å². The number of piperazine rings is 1. The molecule has 1 atom stereocenters. The molecule has 0 spiro atoms. The van der Waals surface area contributed by atoms with Crippen molar-refractivity contribution >= 4 is 15.9 Å². The number of carbonyl (C=O) groups is 1. The van der Waals surface area contributed by atoms with Crippen LogP contribution in [0.1, 0.15) is 20.8 Å². The van der Waals surface area contributed by atoms with Crippen LogP contribution in [0.4, 0.5) is 0 Å². The van der Waals surface area contributed by atoms with E-state index in [1.165, 1.54) is 10.6 Å². The van der Waals surface area contributed by atoms with Crippen LogP contribution in [0.5, 0.6) is 0 Å². The van der Waals surface area contributed by atoms with E-state index in [0.717, 1.165) is 0 Å². The van der Waals surface area contributed by atoms with Crippen LogP contribution in [0.15, 0.2) is 0 Å². The largest absolute Gasteiger partial charge is 0.352 e. The third-order valence-electron chi connectivity index (χ3n) is 3.56. The van der Waals surface area contributed by atoms with Crippen molar-refractivity contribution in [2.24, 2.45) is 5.92 Å². The van der Waals surface area contributed by atoms with Crippen molar-refractivity contribution in [2.75, 3.05) is 39.0 Å². The summed E-state index contributed by atoms with van der Waals surface area (Å²) in [5.74, 6) is 0.417. The number of nitrogens with one attached hydrogen (secondary N) is 1. The molecule has 1 rings (SSSR count). The molecule has 6 nitrogen and oxygen atoms in total. The predicted molar refractivity (Wildman–Crippen MR) is 75.3 cm³/mol. The van der Waals surface area contributed by atoms with E-state index in [9.17, 15) is 13.2 Å². The Kier molecular flexibility index (Phi) is 5.76. The van der Waals surface area contributed by atoms with Crippen molar-refractivity contribution in [3.05, 3.63) is 0 Å². The van der Waals surface area contributed by atoms with Gasteiger partial charge in [-0.05, 0) is 12.8 Å². The molecule has 0 saturated carbocycles. The van der Waals surface area contributed by atoms with Gasteiger partial charge in [0.2, 0.25) is 15.9 Å². The van der Waals surface area contributed by atoms with Crippen molar-refractivity contribution in [1.29, 1.82) is 0 Å². The van der Waals surface area contributed by atoms with E-state index in [4.69, 9.17) is 0 Å². The second-order valence-electron chi connectivity index (χ2n) is 5.54. The van der Waals surface area contributed by atoms with Gasteiger partial charge in [0.05, 0.1) is 12.8 Å². The van der Waals surface area contributed by atoms with Crippen LogP contribution in [-0.2, 0) is 14.8 Å². The van der Waals surface area contributed by atoms with Gasteiger partial charge in [-0.15, -0.1) is 0 Å². The third kappa shape index (κ3) is 5.46. The Balaban J connectivity index is 2.35. The Morgan fingerprint density at radius 2 is 1.68 bits per heavy atom. The molecule has 0 aromatic carbocycles. The van der Waals surface area contributed by atoms with Gasteiger partial charge in [0.1, 0.15) is 0 Å². The van der Waals surface area contributed by atoms with Gasteiger partial charge >= 0.3 is 0 Å². The molecule has 0 bridgehead atoms. The number of hydrogen-bond donors (Lipinski definition) is 1. The van der Waals surface area contributed by atoms with Gasteiger partial charge in [-0.1, -0.05) is 13.8 Å². The van der Waals surface area contributed by atoms with Gasteiger partial charge < -0.3 is 5.32 Å². The molecule has 1 N–H and O–H groups in total. The summed E-state index contributed by atoms with van der Waals surface area (Å²) < 4.78 is 24.2. The zero-order valence-corrected chi connectivity index (χ0v) is 13.0. The van der Waals surface area contributed by atoms with Crippen molar-refractivity contribution in [3.63, 3.8) is 0 Å². The maximum absolute atomic E-state index is 11.8. The lowest BCUT2D eigenvalue weighted by Gasteiger charge is -2.33. The number of nitrogens with zero attached hydrogens (tertiary/aromatic N) is 2. The van der Waals surface area contributed by atoms with E-state index in [0.29, 0.717) is 38.6 Å². The number of amides is 1. The molecule has 0 aromatic heterocycles. The zero-order chi connectivity index (χ0) is 14.6. The molecular weight excluding hydrogens is 266 g/mol. The summed E-state index contributed by atoms with van der Waals surface area (Å²) in [6.45, 7) is 8.61. The van der Waals surface area contributed by atoms with Crippen LogP contribution >= 0.6 is 0 Å². The Bertz CT molecular complexity index is 400. The zero-order valence-electron chi connectivity index (χ0n) is 12.2. The molecule has 1 amide bonds. The molecule has 1 saturated heterocycles. The number of rotatable bonds is 5. The highest BCUT2D eigenvalue weighted by atomic mass is 32.2. The Labute approximate surface area is 116 Å². The molecule has 1 heterocycles. The Morgan fingerprint density at radius 1 is 1.16 bits per heavy atom. The van der Waals surface area contributed by atoms with Crippen LogP contribution in [0.25, 0.3) is 0 Å². The fourth-order valence-electron chi connectivity index (χ4n) is 1.89. The smallest absolute Gasteiger partial charge is 0.234 e. The quantitative estimate of drug-likeness (QED) is 0.757. The SMILES string of the molecule is CC(C)C(C)NC(=O)CN1CCN(S(C)(=O)=O)CC1. The fourth-order valence-corrected chi connectivity index (χ4v) is 2.72. The molecule has 0 radical (unpaired) electrons. The average molecular weight is 291 g/mol. The van der Waals surface area contributed by atoms with E-state index in [-0.39, 0.29) is 11.9 Å². The maximum atomic E-state index is 11.8. The third-order valence-corrected chi connectivity index (χ3v) is 4.86. The standard InChI is InChI=1S/C12H25N3O3S/c1-10(2)11(3)13-12(16)9-14-5-7-15(8-6-14)19(4,17)18/h10-11H,5-9H2,1-4H3,(H,13,16). The fraction of sp³-hybridized carbons (Fsp3) is 0.917. The van der Waals surface area contributed by atoms with Crippen LogP contribution in [0.2, 0.25) is 0 Å². The highest BCUT2D eigenvalue weighted by Crippen LogP contribution is 2.06. The molecule has 1 unspecified atom stereocenters. The molecule has 7 heteroatoms. The molecule has 0 aromatic rings. The van der Waals surface area contributed by atoms with Gasteiger partial charge in [0.25, 0.3) is 0 Å². The summed E-state index contributed by atoms with van der Waals surface area (Å²) in [5.41, 5.74) is 0. The van der Waals surface area contributed by atoms with Crippen LogP contribution in [0, 0.1) is 5.92 Å². The van der Waals surface area contributed by atoms with Gasteiger partial charge in [-0.2, -0.15) is 4.31 Å². The highest BCUT2D eigenvalue weighted by molar-refractivity contribution is 7.88. The molecular formula is C12H25N3O3S. The second-order valence-corrected chi connectivity index (χ2v) is 7.52. The minimum atomic E-state index is -3.10.